The van der Waals surface area contributed by atoms with Gasteiger partial charge in [-0.25, -0.2) is 13.6 Å². The number of hydrogen-bond acceptors (Lipinski definition) is 1. The monoisotopic (exact) mass is 318 g/mol. The average Bonchev–Trinajstić information content (AvgIpc) is 3.24. The number of carbonyl (C=O) groups is 1. The molecule has 1 aliphatic carbocycles. The van der Waals surface area contributed by atoms with Crippen molar-refractivity contribution < 1.29 is 26.7 Å². The Hall–Kier alpha value is -2.12. The molecule has 0 spiro atoms. The Morgan fingerprint density at radius 1 is 1.23 bits per heavy atom. The van der Waals surface area contributed by atoms with E-state index in [4.69, 9.17) is 0 Å². The van der Waals surface area contributed by atoms with Crippen LogP contribution in [0.4, 0.5) is 32.4 Å². The number of fused-ring (bicyclic) bond motifs is 1. The molecule has 0 radical (unpaired) electrons. The number of urea groups is 1. The standard InChI is InChI=1S/C14H11F5N2O/c15-8-3-4-9-10(11(8)16)12(14(17,18)19)20-13(22)21(9)6-5-7-1-2-7/h3-7,12H,1-2H2,(H,20,22). The molecule has 3 nitrogen and oxygen atoms in total. The van der Waals surface area contributed by atoms with Crippen LogP contribution in [0, 0.1) is 17.6 Å². The third kappa shape index (κ3) is 2.53. The molecule has 0 saturated heterocycles. The molecule has 1 heterocycles. The first-order valence-electron chi connectivity index (χ1n) is 6.61. The summed E-state index contributed by atoms with van der Waals surface area (Å²) in [6.07, 6.45) is -0.0941. The second kappa shape index (κ2) is 4.96. The second-order valence-electron chi connectivity index (χ2n) is 5.27. The van der Waals surface area contributed by atoms with Crippen molar-refractivity contribution >= 4 is 11.7 Å². The number of hydrogen-bond donors (Lipinski definition) is 1. The Kier molecular flexibility index (Phi) is 3.34. The summed E-state index contributed by atoms with van der Waals surface area (Å²) in [5.41, 5.74) is -1.21. The van der Waals surface area contributed by atoms with Gasteiger partial charge in [0.2, 0.25) is 0 Å². The third-order valence-corrected chi connectivity index (χ3v) is 3.60. The fourth-order valence-corrected chi connectivity index (χ4v) is 2.31. The van der Waals surface area contributed by atoms with Crippen LogP contribution in [0.3, 0.4) is 0 Å². The zero-order valence-corrected chi connectivity index (χ0v) is 11.1. The van der Waals surface area contributed by atoms with Crippen LogP contribution in [-0.2, 0) is 0 Å². The molecule has 1 aliphatic heterocycles. The summed E-state index contributed by atoms with van der Waals surface area (Å²) < 4.78 is 66.3. The zero-order valence-electron chi connectivity index (χ0n) is 11.1. The smallest absolute Gasteiger partial charge is 0.322 e. The van der Waals surface area contributed by atoms with Gasteiger partial charge in [0.05, 0.1) is 5.69 Å². The molecule has 1 atom stereocenters. The number of alkyl halides is 3. The van der Waals surface area contributed by atoms with Crippen molar-refractivity contribution in [1.82, 2.24) is 5.32 Å². The maximum absolute atomic E-state index is 13.9. The lowest BCUT2D eigenvalue weighted by Gasteiger charge is -2.34. The summed E-state index contributed by atoms with van der Waals surface area (Å²) in [4.78, 5) is 12.8. The van der Waals surface area contributed by atoms with Crippen LogP contribution in [0.15, 0.2) is 24.4 Å². The fraction of sp³-hybridized carbons (Fsp3) is 0.357. The first-order chi connectivity index (χ1) is 10.3. The molecule has 1 fully saturated rings. The number of anilines is 1. The van der Waals surface area contributed by atoms with Crippen molar-refractivity contribution in [3.8, 4) is 0 Å². The van der Waals surface area contributed by atoms with Crippen molar-refractivity contribution in [3.63, 3.8) is 0 Å². The van der Waals surface area contributed by atoms with E-state index < -0.39 is 35.4 Å². The molecule has 1 aromatic carbocycles. The Labute approximate surface area is 122 Å². The quantitative estimate of drug-likeness (QED) is 0.821. The highest BCUT2D eigenvalue weighted by molar-refractivity contribution is 5.97. The lowest BCUT2D eigenvalue weighted by Crippen LogP contribution is -2.49. The van der Waals surface area contributed by atoms with Gasteiger partial charge in [0.1, 0.15) is 0 Å². The van der Waals surface area contributed by atoms with Gasteiger partial charge < -0.3 is 5.32 Å². The summed E-state index contributed by atoms with van der Waals surface area (Å²) in [5, 5.41) is 1.68. The number of nitrogens with zero attached hydrogens (tertiary/aromatic N) is 1. The molecule has 0 aromatic heterocycles. The SMILES string of the molecule is O=C1NC(C(F)(F)F)c2c(ccc(F)c2F)N1C=CC1CC1. The third-order valence-electron chi connectivity index (χ3n) is 3.60. The molecular formula is C14H11F5N2O. The maximum Gasteiger partial charge on any atom is 0.413 e. The summed E-state index contributed by atoms with van der Waals surface area (Å²) >= 11 is 0. The van der Waals surface area contributed by atoms with Crippen molar-refractivity contribution in [2.75, 3.05) is 4.90 Å². The van der Waals surface area contributed by atoms with E-state index in [-0.39, 0.29) is 11.6 Å². The van der Waals surface area contributed by atoms with E-state index in [0.717, 1.165) is 23.8 Å². The summed E-state index contributed by atoms with van der Waals surface area (Å²) in [7, 11) is 0. The Morgan fingerprint density at radius 2 is 1.91 bits per heavy atom. The minimum Gasteiger partial charge on any atom is -0.322 e. The van der Waals surface area contributed by atoms with Crippen LogP contribution in [0.1, 0.15) is 24.4 Å². The Bertz CT molecular complexity index is 651. The van der Waals surface area contributed by atoms with Gasteiger partial charge in [0, 0.05) is 11.8 Å². The van der Waals surface area contributed by atoms with Gasteiger partial charge in [-0.1, -0.05) is 6.08 Å². The highest BCUT2D eigenvalue weighted by atomic mass is 19.4. The Morgan fingerprint density at radius 3 is 2.50 bits per heavy atom. The minimum atomic E-state index is -4.93. The predicted molar refractivity (Wildman–Crippen MR) is 68.0 cm³/mol. The van der Waals surface area contributed by atoms with Crippen molar-refractivity contribution in [2.45, 2.75) is 25.1 Å². The number of rotatable bonds is 2. The largest absolute Gasteiger partial charge is 0.413 e. The topological polar surface area (TPSA) is 32.3 Å². The first-order valence-corrected chi connectivity index (χ1v) is 6.61. The van der Waals surface area contributed by atoms with Crippen LogP contribution in [0.25, 0.3) is 0 Å². The van der Waals surface area contributed by atoms with Crippen LogP contribution in [0.2, 0.25) is 0 Å². The van der Waals surface area contributed by atoms with Crippen LogP contribution < -0.4 is 10.2 Å². The number of amides is 2. The Balaban J connectivity index is 2.10. The summed E-state index contributed by atoms with van der Waals surface area (Å²) in [6, 6.07) is -1.92. The molecule has 118 valence electrons. The second-order valence-corrected chi connectivity index (χ2v) is 5.27. The van der Waals surface area contributed by atoms with Crippen LogP contribution >= 0.6 is 0 Å². The summed E-state index contributed by atoms with van der Waals surface area (Å²) in [5.74, 6) is -2.73. The normalized spacial score (nSPS) is 22.0. The highest BCUT2D eigenvalue weighted by Gasteiger charge is 2.48. The maximum atomic E-state index is 13.9. The van der Waals surface area contributed by atoms with E-state index in [2.05, 4.69) is 0 Å². The van der Waals surface area contributed by atoms with Gasteiger partial charge in [0.15, 0.2) is 17.7 Å². The molecule has 22 heavy (non-hydrogen) atoms. The number of halogens is 5. The highest BCUT2D eigenvalue weighted by Crippen LogP contribution is 2.43. The predicted octanol–water partition coefficient (Wildman–Crippen LogP) is 4.02. The molecule has 2 aliphatic rings. The van der Waals surface area contributed by atoms with E-state index in [0.29, 0.717) is 6.07 Å². The van der Waals surface area contributed by atoms with Gasteiger partial charge in [-0.15, -0.1) is 0 Å². The molecule has 8 heteroatoms. The number of carbonyl (C=O) groups excluding carboxylic acids is 1. The number of nitrogens with one attached hydrogen (secondary N) is 1. The molecule has 1 unspecified atom stereocenters. The van der Waals surface area contributed by atoms with Gasteiger partial charge in [-0.05, 0) is 30.9 Å². The van der Waals surface area contributed by atoms with E-state index in [1.807, 2.05) is 0 Å². The molecular weight excluding hydrogens is 307 g/mol. The number of allylic oxidation sites excluding steroid dienone is 1. The molecule has 0 bridgehead atoms. The average molecular weight is 318 g/mol. The lowest BCUT2D eigenvalue weighted by atomic mass is 10.00. The van der Waals surface area contributed by atoms with Crippen LogP contribution in [0.5, 0.6) is 0 Å². The van der Waals surface area contributed by atoms with Gasteiger partial charge >= 0.3 is 12.2 Å². The molecule has 1 N–H and O–H groups in total. The minimum absolute atomic E-state index is 0.266. The molecule has 3 rings (SSSR count). The van der Waals surface area contributed by atoms with E-state index in [1.54, 1.807) is 11.4 Å². The van der Waals surface area contributed by atoms with Gasteiger partial charge in [-0.2, -0.15) is 13.2 Å². The van der Waals surface area contributed by atoms with Gasteiger partial charge in [-0.3, -0.25) is 4.90 Å². The first kappa shape index (κ1) is 14.8. The zero-order chi connectivity index (χ0) is 16.1. The lowest BCUT2D eigenvalue weighted by molar-refractivity contribution is -0.155. The van der Waals surface area contributed by atoms with E-state index in [9.17, 15) is 26.7 Å². The van der Waals surface area contributed by atoms with Crippen molar-refractivity contribution in [1.29, 1.82) is 0 Å². The number of benzene rings is 1. The van der Waals surface area contributed by atoms with Crippen LogP contribution in [-0.4, -0.2) is 12.2 Å². The van der Waals surface area contributed by atoms with Crippen molar-refractivity contribution in [2.24, 2.45) is 5.92 Å². The van der Waals surface area contributed by atoms with E-state index in [1.165, 1.54) is 6.20 Å². The molecule has 1 saturated carbocycles. The van der Waals surface area contributed by atoms with E-state index >= 15 is 0 Å². The summed E-state index contributed by atoms with van der Waals surface area (Å²) in [6.45, 7) is 0. The molecule has 2 amide bonds. The van der Waals surface area contributed by atoms with Gasteiger partial charge in [0.25, 0.3) is 0 Å². The van der Waals surface area contributed by atoms with Crippen molar-refractivity contribution in [3.05, 3.63) is 41.6 Å². The fourth-order valence-electron chi connectivity index (χ4n) is 2.31. The molecule has 1 aromatic rings.